The van der Waals surface area contributed by atoms with Crippen molar-refractivity contribution in [1.82, 2.24) is 4.90 Å². The van der Waals surface area contributed by atoms with E-state index in [0.29, 0.717) is 0 Å². The molecule has 0 saturated carbocycles. The Morgan fingerprint density at radius 2 is 2.25 bits per heavy atom. The molecule has 84 valence electrons. The van der Waals surface area contributed by atoms with E-state index in [4.69, 9.17) is 5.26 Å². The molecule has 1 aromatic rings. The molecular formula is C10H9FIN3O. The molecule has 0 unspecified atom stereocenters. The number of halogens is 2. The highest BCUT2D eigenvalue weighted by molar-refractivity contribution is 14.1. The zero-order valence-electron chi connectivity index (χ0n) is 8.70. The highest BCUT2D eigenvalue weighted by atomic mass is 127. The normalized spacial score (nSPS) is 10.4. The summed E-state index contributed by atoms with van der Waals surface area (Å²) in [7, 11) is 3.50. The van der Waals surface area contributed by atoms with Gasteiger partial charge < -0.3 is 10.0 Å². The smallest absolute Gasteiger partial charge is 0.160 e. The van der Waals surface area contributed by atoms with E-state index in [1.807, 2.05) is 0 Å². The second-order valence-electron chi connectivity index (χ2n) is 3.24. The molecule has 1 aromatic carbocycles. The number of aromatic hydroxyl groups is 1. The van der Waals surface area contributed by atoms with Crippen LogP contribution >= 0.6 is 22.6 Å². The summed E-state index contributed by atoms with van der Waals surface area (Å²) in [5.41, 5.74) is -0.0492. The SMILES string of the molecule is CN(C)/C=N/c1cc(O)c(I)c(F)c1C#N. The second kappa shape index (κ2) is 5.12. The lowest BCUT2D eigenvalue weighted by Crippen LogP contribution is -2.07. The van der Waals surface area contributed by atoms with E-state index in [2.05, 4.69) is 4.99 Å². The summed E-state index contributed by atoms with van der Waals surface area (Å²) in [6.07, 6.45) is 1.43. The quantitative estimate of drug-likeness (QED) is 0.513. The predicted molar refractivity (Wildman–Crippen MR) is 67.3 cm³/mol. The molecule has 0 aromatic heterocycles. The van der Waals surface area contributed by atoms with Gasteiger partial charge in [0.15, 0.2) is 5.82 Å². The molecule has 0 spiro atoms. The minimum Gasteiger partial charge on any atom is -0.507 e. The van der Waals surface area contributed by atoms with Crippen LogP contribution in [0.15, 0.2) is 11.1 Å². The average molecular weight is 333 g/mol. The Kier molecular flexibility index (Phi) is 4.06. The Morgan fingerprint density at radius 1 is 1.62 bits per heavy atom. The monoisotopic (exact) mass is 333 g/mol. The predicted octanol–water partition coefficient (Wildman–Crippen LogP) is 2.23. The average Bonchev–Trinajstić information content (AvgIpc) is 2.23. The maximum atomic E-state index is 13.6. The van der Waals surface area contributed by atoms with E-state index in [9.17, 15) is 9.50 Å². The maximum Gasteiger partial charge on any atom is 0.160 e. The van der Waals surface area contributed by atoms with Gasteiger partial charge in [-0.2, -0.15) is 5.26 Å². The summed E-state index contributed by atoms with van der Waals surface area (Å²) in [4.78, 5) is 5.56. The Bertz CT molecular complexity index is 480. The van der Waals surface area contributed by atoms with Gasteiger partial charge in [0.1, 0.15) is 17.4 Å². The molecule has 0 radical (unpaired) electrons. The number of aliphatic imine (C=N–C) groups is 1. The zero-order chi connectivity index (χ0) is 12.3. The summed E-state index contributed by atoms with van der Waals surface area (Å²) in [5, 5.41) is 18.2. The summed E-state index contributed by atoms with van der Waals surface area (Å²) in [6.45, 7) is 0. The van der Waals surface area contributed by atoms with E-state index >= 15 is 0 Å². The molecule has 16 heavy (non-hydrogen) atoms. The third kappa shape index (κ3) is 2.61. The van der Waals surface area contributed by atoms with Crippen molar-refractivity contribution in [1.29, 1.82) is 5.26 Å². The number of phenolic OH excluding ortho intramolecular Hbond substituents is 1. The van der Waals surface area contributed by atoms with Crippen LogP contribution in [0.2, 0.25) is 0 Å². The highest BCUT2D eigenvalue weighted by Gasteiger charge is 2.15. The van der Waals surface area contributed by atoms with Gasteiger partial charge in [-0.1, -0.05) is 0 Å². The minimum atomic E-state index is -0.742. The van der Waals surface area contributed by atoms with Crippen molar-refractivity contribution in [3.8, 4) is 11.8 Å². The molecular weight excluding hydrogens is 324 g/mol. The molecule has 4 nitrogen and oxygen atoms in total. The van der Waals surface area contributed by atoms with Crippen molar-refractivity contribution >= 4 is 34.6 Å². The van der Waals surface area contributed by atoms with Crippen LogP contribution < -0.4 is 0 Å². The number of phenols is 1. The fourth-order valence-corrected chi connectivity index (χ4v) is 1.41. The molecule has 0 atom stereocenters. The van der Waals surface area contributed by atoms with Crippen molar-refractivity contribution in [3.05, 3.63) is 21.0 Å². The topological polar surface area (TPSA) is 59.6 Å². The van der Waals surface area contributed by atoms with Crippen LogP contribution in [-0.2, 0) is 0 Å². The zero-order valence-corrected chi connectivity index (χ0v) is 10.9. The summed E-state index contributed by atoms with van der Waals surface area (Å²) < 4.78 is 13.6. The molecule has 0 aliphatic rings. The maximum absolute atomic E-state index is 13.6. The van der Waals surface area contributed by atoms with E-state index in [-0.39, 0.29) is 20.6 Å². The Hall–Kier alpha value is -1.36. The van der Waals surface area contributed by atoms with Gasteiger partial charge in [0.2, 0.25) is 0 Å². The Morgan fingerprint density at radius 3 is 2.75 bits per heavy atom. The van der Waals surface area contributed by atoms with Crippen LogP contribution in [0.25, 0.3) is 0 Å². The van der Waals surface area contributed by atoms with Gasteiger partial charge in [-0.05, 0) is 22.6 Å². The first-order valence-corrected chi connectivity index (χ1v) is 5.37. The standard InChI is InChI=1S/C10H9FIN3O/c1-15(2)5-14-7-3-8(16)10(12)9(11)6(7)4-13/h3,5,16H,1-2H3/b14-5+. The minimum absolute atomic E-state index is 0.0259. The van der Waals surface area contributed by atoms with Crippen LogP contribution in [0.4, 0.5) is 10.1 Å². The van der Waals surface area contributed by atoms with Crippen molar-refractivity contribution in [3.63, 3.8) is 0 Å². The molecule has 6 heteroatoms. The second-order valence-corrected chi connectivity index (χ2v) is 4.32. The fourth-order valence-electron chi connectivity index (χ4n) is 0.986. The summed E-state index contributed by atoms with van der Waals surface area (Å²) in [5.74, 6) is -0.961. The number of hydrogen-bond acceptors (Lipinski definition) is 3. The molecule has 0 amide bonds. The lowest BCUT2D eigenvalue weighted by atomic mass is 10.2. The highest BCUT2D eigenvalue weighted by Crippen LogP contribution is 2.32. The van der Waals surface area contributed by atoms with Crippen molar-refractivity contribution < 1.29 is 9.50 Å². The third-order valence-electron chi connectivity index (χ3n) is 1.71. The molecule has 0 aliphatic carbocycles. The third-order valence-corrected chi connectivity index (χ3v) is 2.73. The number of nitriles is 1. The van der Waals surface area contributed by atoms with Crippen LogP contribution in [0.5, 0.6) is 5.75 Å². The first kappa shape index (κ1) is 12.7. The first-order chi connectivity index (χ1) is 7.47. The molecule has 1 rings (SSSR count). The molecule has 0 saturated heterocycles. The van der Waals surface area contributed by atoms with Gasteiger partial charge in [0.25, 0.3) is 0 Å². The Balaban J connectivity index is 3.35. The number of benzene rings is 1. The number of nitrogens with zero attached hydrogens (tertiary/aromatic N) is 3. The van der Waals surface area contributed by atoms with E-state index in [0.717, 1.165) is 0 Å². The number of rotatable bonds is 2. The molecule has 0 heterocycles. The van der Waals surface area contributed by atoms with Crippen LogP contribution in [0, 0.1) is 20.7 Å². The van der Waals surface area contributed by atoms with Gasteiger partial charge in [0.05, 0.1) is 15.6 Å². The summed E-state index contributed by atoms with van der Waals surface area (Å²) in [6, 6.07) is 3.00. The van der Waals surface area contributed by atoms with Crippen LogP contribution in [-0.4, -0.2) is 30.4 Å². The van der Waals surface area contributed by atoms with Crippen molar-refractivity contribution in [2.45, 2.75) is 0 Å². The van der Waals surface area contributed by atoms with Gasteiger partial charge in [-0.25, -0.2) is 9.38 Å². The lowest BCUT2D eigenvalue weighted by Gasteiger charge is -2.06. The van der Waals surface area contributed by atoms with Gasteiger partial charge in [0, 0.05) is 20.2 Å². The molecule has 0 fully saturated rings. The molecule has 0 aliphatic heterocycles. The van der Waals surface area contributed by atoms with Gasteiger partial charge >= 0.3 is 0 Å². The largest absolute Gasteiger partial charge is 0.507 e. The van der Waals surface area contributed by atoms with E-state index < -0.39 is 5.82 Å². The van der Waals surface area contributed by atoms with Crippen LogP contribution in [0.3, 0.4) is 0 Å². The van der Waals surface area contributed by atoms with Gasteiger partial charge in [-0.3, -0.25) is 0 Å². The Labute approximate surface area is 106 Å². The van der Waals surface area contributed by atoms with Crippen molar-refractivity contribution in [2.24, 2.45) is 4.99 Å². The van der Waals surface area contributed by atoms with Crippen LogP contribution in [0.1, 0.15) is 5.56 Å². The lowest BCUT2D eigenvalue weighted by molar-refractivity contribution is 0.463. The van der Waals surface area contributed by atoms with E-state index in [1.165, 1.54) is 12.4 Å². The summed E-state index contributed by atoms with van der Waals surface area (Å²) >= 11 is 1.64. The van der Waals surface area contributed by atoms with Crippen molar-refractivity contribution in [2.75, 3.05) is 14.1 Å². The van der Waals surface area contributed by atoms with Gasteiger partial charge in [-0.15, -0.1) is 0 Å². The van der Waals surface area contributed by atoms with E-state index in [1.54, 1.807) is 47.7 Å². The molecule has 0 bridgehead atoms. The fraction of sp³-hybridized carbons (Fsp3) is 0.200. The number of hydrogen-bond donors (Lipinski definition) is 1. The first-order valence-electron chi connectivity index (χ1n) is 4.29. The molecule has 1 N–H and O–H groups in total.